The number of halogens is 2. The van der Waals surface area contributed by atoms with Crippen LogP contribution in [0.4, 0.5) is 4.39 Å². The zero-order valence-electron chi connectivity index (χ0n) is 18.2. The molecule has 1 N–H and O–H groups in total. The minimum Gasteiger partial charge on any atom is -0.354 e. The number of rotatable bonds is 11. The number of carbonyl (C=O) groups excluding carboxylic acids is 2. The molecule has 0 aromatic heterocycles. The van der Waals surface area contributed by atoms with Crippen LogP contribution in [0.5, 0.6) is 0 Å². The molecule has 4 nitrogen and oxygen atoms in total. The van der Waals surface area contributed by atoms with Crippen LogP contribution in [0.3, 0.4) is 0 Å². The Hall–Kier alpha value is -2.05. The molecular formula is C24H30ClFN2O2S. The molecule has 2 aromatic carbocycles. The lowest BCUT2D eigenvalue weighted by molar-refractivity contribution is -0.141. The Morgan fingerprint density at radius 1 is 1.10 bits per heavy atom. The van der Waals surface area contributed by atoms with Crippen LogP contribution >= 0.6 is 23.4 Å². The van der Waals surface area contributed by atoms with Crippen molar-refractivity contribution < 1.29 is 14.0 Å². The Balaban J connectivity index is 2.10. The molecule has 0 bridgehead atoms. The summed E-state index contributed by atoms with van der Waals surface area (Å²) in [6, 6.07) is 12.9. The summed E-state index contributed by atoms with van der Waals surface area (Å²) in [7, 11) is 0. The lowest BCUT2D eigenvalue weighted by atomic mass is 10.1. The maximum Gasteiger partial charge on any atom is 0.242 e. The van der Waals surface area contributed by atoms with Crippen molar-refractivity contribution in [3.63, 3.8) is 0 Å². The average molecular weight is 465 g/mol. The minimum atomic E-state index is -0.572. The van der Waals surface area contributed by atoms with Crippen molar-refractivity contribution in [2.24, 2.45) is 5.92 Å². The van der Waals surface area contributed by atoms with Crippen LogP contribution in [0, 0.1) is 11.7 Å². The van der Waals surface area contributed by atoms with Crippen molar-refractivity contribution in [2.75, 3.05) is 12.3 Å². The van der Waals surface area contributed by atoms with E-state index in [4.69, 9.17) is 11.6 Å². The third kappa shape index (κ3) is 8.54. The summed E-state index contributed by atoms with van der Waals surface area (Å²) < 4.78 is 13.3. The second-order valence-electron chi connectivity index (χ2n) is 7.76. The highest BCUT2D eigenvalue weighted by Crippen LogP contribution is 2.22. The molecule has 1 atom stereocenters. The number of hydrogen-bond donors (Lipinski definition) is 1. The van der Waals surface area contributed by atoms with Crippen LogP contribution in [0.2, 0.25) is 5.02 Å². The zero-order chi connectivity index (χ0) is 22.8. The van der Waals surface area contributed by atoms with Crippen molar-refractivity contribution in [3.8, 4) is 0 Å². The first-order chi connectivity index (χ1) is 14.8. The van der Waals surface area contributed by atoms with Gasteiger partial charge in [-0.15, -0.1) is 11.8 Å². The SMILES string of the molecule is CC[C@@H](C(=O)NCC(C)C)N(Cc1ccc(F)cc1)C(=O)CCSc1ccc(Cl)cc1. The van der Waals surface area contributed by atoms with Crippen LogP contribution in [0.1, 0.15) is 39.2 Å². The Labute approximate surface area is 193 Å². The number of benzene rings is 2. The maximum atomic E-state index is 13.3. The summed E-state index contributed by atoms with van der Waals surface area (Å²) in [5.41, 5.74) is 0.787. The van der Waals surface area contributed by atoms with Gasteiger partial charge in [0.05, 0.1) is 0 Å². The zero-order valence-corrected chi connectivity index (χ0v) is 19.8. The Morgan fingerprint density at radius 2 is 1.74 bits per heavy atom. The summed E-state index contributed by atoms with van der Waals surface area (Å²) in [5.74, 6) is 0.320. The molecule has 0 aliphatic heterocycles. The van der Waals surface area contributed by atoms with Gasteiger partial charge >= 0.3 is 0 Å². The fourth-order valence-corrected chi connectivity index (χ4v) is 4.03. The molecule has 0 spiro atoms. The maximum absolute atomic E-state index is 13.3. The first-order valence-electron chi connectivity index (χ1n) is 10.5. The molecular weight excluding hydrogens is 435 g/mol. The van der Waals surface area contributed by atoms with Crippen LogP contribution < -0.4 is 5.32 Å². The summed E-state index contributed by atoms with van der Waals surface area (Å²) in [5, 5.41) is 3.61. The molecule has 0 heterocycles. The highest BCUT2D eigenvalue weighted by Gasteiger charge is 2.28. The van der Waals surface area contributed by atoms with Crippen LogP contribution in [0.15, 0.2) is 53.4 Å². The second-order valence-corrected chi connectivity index (χ2v) is 9.37. The molecule has 31 heavy (non-hydrogen) atoms. The normalized spacial score (nSPS) is 11.9. The number of hydrogen-bond acceptors (Lipinski definition) is 3. The lowest BCUT2D eigenvalue weighted by Crippen LogP contribution is -2.49. The standard InChI is InChI=1S/C24H30ClFN2O2S/c1-4-22(24(30)27-15-17(2)3)28(16-18-5-9-20(26)10-6-18)23(29)13-14-31-21-11-7-19(25)8-12-21/h5-12,17,22H,4,13-16H2,1-3H3,(H,27,30)/t22-/m0/s1. The van der Waals surface area contributed by atoms with E-state index in [1.807, 2.05) is 45.0 Å². The summed E-state index contributed by atoms with van der Waals surface area (Å²) in [6.45, 7) is 6.76. The van der Waals surface area contributed by atoms with Gasteiger partial charge in [0.2, 0.25) is 11.8 Å². The largest absolute Gasteiger partial charge is 0.354 e. The van der Waals surface area contributed by atoms with Gasteiger partial charge in [0.15, 0.2) is 0 Å². The third-order valence-electron chi connectivity index (χ3n) is 4.73. The van der Waals surface area contributed by atoms with Crippen molar-refractivity contribution in [1.29, 1.82) is 0 Å². The molecule has 2 aromatic rings. The summed E-state index contributed by atoms with van der Waals surface area (Å²) >= 11 is 7.49. The Bertz CT molecular complexity index is 844. The van der Waals surface area contributed by atoms with Gasteiger partial charge in [-0.2, -0.15) is 0 Å². The van der Waals surface area contributed by atoms with Crippen LogP contribution in [-0.2, 0) is 16.1 Å². The van der Waals surface area contributed by atoms with Crippen molar-refractivity contribution in [3.05, 3.63) is 64.9 Å². The second kappa shape index (κ2) is 12.7. The van der Waals surface area contributed by atoms with Crippen molar-refractivity contribution >= 4 is 35.2 Å². The van der Waals surface area contributed by atoms with Gasteiger partial charge in [0, 0.05) is 35.2 Å². The first kappa shape index (κ1) is 25.2. The van der Waals surface area contributed by atoms with Crippen molar-refractivity contribution in [2.45, 2.75) is 51.1 Å². The molecule has 168 valence electrons. The van der Waals surface area contributed by atoms with E-state index in [0.717, 1.165) is 10.5 Å². The van der Waals surface area contributed by atoms with Crippen LogP contribution in [-0.4, -0.2) is 35.1 Å². The average Bonchev–Trinajstić information content (AvgIpc) is 2.74. The number of thioether (sulfide) groups is 1. The number of nitrogens with one attached hydrogen (secondary N) is 1. The van der Waals surface area contributed by atoms with E-state index in [1.165, 1.54) is 12.1 Å². The molecule has 0 radical (unpaired) electrons. The summed E-state index contributed by atoms with van der Waals surface area (Å²) in [6.07, 6.45) is 0.795. The molecule has 0 saturated carbocycles. The van der Waals surface area contributed by atoms with Gasteiger partial charge in [-0.1, -0.05) is 44.5 Å². The molecule has 0 fully saturated rings. The van der Waals surface area contributed by atoms with Gasteiger partial charge in [0.25, 0.3) is 0 Å². The van der Waals surface area contributed by atoms with Crippen LogP contribution in [0.25, 0.3) is 0 Å². The quantitative estimate of drug-likeness (QED) is 0.444. The topological polar surface area (TPSA) is 49.4 Å². The predicted molar refractivity (Wildman–Crippen MR) is 126 cm³/mol. The molecule has 0 aliphatic rings. The Kier molecular flexibility index (Phi) is 10.3. The molecule has 7 heteroatoms. The van der Waals surface area contributed by atoms with E-state index in [9.17, 15) is 14.0 Å². The predicted octanol–water partition coefficient (Wildman–Crippen LogP) is 5.54. The minimum absolute atomic E-state index is 0.0997. The summed E-state index contributed by atoms with van der Waals surface area (Å²) in [4.78, 5) is 28.6. The third-order valence-corrected chi connectivity index (χ3v) is 6.00. The van der Waals surface area contributed by atoms with E-state index in [0.29, 0.717) is 36.1 Å². The molecule has 2 rings (SSSR count). The monoisotopic (exact) mass is 464 g/mol. The van der Waals surface area contributed by atoms with Gasteiger partial charge in [-0.3, -0.25) is 9.59 Å². The Morgan fingerprint density at radius 3 is 2.32 bits per heavy atom. The van der Waals surface area contributed by atoms with Gasteiger partial charge in [0.1, 0.15) is 11.9 Å². The van der Waals surface area contributed by atoms with Gasteiger partial charge in [-0.25, -0.2) is 4.39 Å². The van der Waals surface area contributed by atoms with E-state index in [2.05, 4.69) is 5.32 Å². The fourth-order valence-electron chi connectivity index (χ4n) is 3.06. The lowest BCUT2D eigenvalue weighted by Gasteiger charge is -2.31. The number of amides is 2. The number of carbonyl (C=O) groups is 2. The highest BCUT2D eigenvalue weighted by molar-refractivity contribution is 7.99. The molecule has 2 amide bonds. The van der Waals surface area contributed by atoms with Crippen molar-refractivity contribution in [1.82, 2.24) is 10.2 Å². The molecule has 0 aliphatic carbocycles. The first-order valence-corrected chi connectivity index (χ1v) is 11.9. The number of nitrogens with zero attached hydrogens (tertiary/aromatic N) is 1. The van der Waals surface area contributed by atoms with E-state index >= 15 is 0 Å². The molecule has 0 unspecified atom stereocenters. The fraction of sp³-hybridized carbons (Fsp3) is 0.417. The van der Waals surface area contributed by atoms with Gasteiger partial charge in [-0.05, 0) is 54.3 Å². The highest BCUT2D eigenvalue weighted by atomic mass is 35.5. The van der Waals surface area contributed by atoms with E-state index in [-0.39, 0.29) is 24.2 Å². The van der Waals surface area contributed by atoms with Gasteiger partial charge < -0.3 is 10.2 Å². The van der Waals surface area contributed by atoms with E-state index in [1.54, 1.807) is 28.8 Å². The smallest absolute Gasteiger partial charge is 0.242 e. The molecule has 0 saturated heterocycles. The van der Waals surface area contributed by atoms with E-state index < -0.39 is 6.04 Å².